The molecular weight excluding hydrogens is 374 g/mol. The van der Waals surface area contributed by atoms with Crippen LogP contribution < -0.4 is 10.2 Å². The minimum atomic E-state index is -4.91. The van der Waals surface area contributed by atoms with Crippen LogP contribution in [0.25, 0.3) is 0 Å². The fourth-order valence-corrected chi connectivity index (χ4v) is 2.86. The lowest BCUT2D eigenvalue weighted by Crippen LogP contribution is -2.30. The highest BCUT2D eigenvalue weighted by Crippen LogP contribution is 2.38. The molecule has 146 valence electrons. The van der Waals surface area contributed by atoms with Gasteiger partial charge in [0.15, 0.2) is 0 Å². The Bertz CT molecular complexity index is 764. The molecule has 0 radical (unpaired) electrons. The normalized spacial score (nSPS) is 15.7. The molecule has 0 amide bonds. The third kappa shape index (κ3) is 4.81. The van der Waals surface area contributed by atoms with Crippen LogP contribution in [0, 0.1) is 0 Å². The zero-order valence-electron chi connectivity index (χ0n) is 14.0. The van der Waals surface area contributed by atoms with Gasteiger partial charge in [-0.25, -0.2) is 4.98 Å². The summed E-state index contributed by atoms with van der Waals surface area (Å²) in [4.78, 5) is 10.1. The molecule has 27 heavy (non-hydrogen) atoms. The van der Waals surface area contributed by atoms with Crippen molar-refractivity contribution in [2.75, 3.05) is 23.3 Å². The van der Waals surface area contributed by atoms with E-state index in [1.165, 1.54) is 6.20 Å². The van der Waals surface area contributed by atoms with Crippen molar-refractivity contribution >= 4 is 17.5 Å². The van der Waals surface area contributed by atoms with Crippen LogP contribution in [0.4, 0.5) is 43.8 Å². The Labute approximate surface area is 151 Å². The van der Waals surface area contributed by atoms with Gasteiger partial charge in [0, 0.05) is 25.0 Å². The Morgan fingerprint density at radius 2 is 1.44 bits per heavy atom. The smallest absolute Gasteiger partial charge is 0.356 e. The van der Waals surface area contributed by atoms with Crippen LogP contribution in [-0.4, -0.2) is 23.1 Å². The van der Waals surface area contributed by atoms with E-state index in [9.17, 15) is 26.3 Å². The molecule has 0 atom stereocenters. The summed E-state index contributed by atoms with van der Waals surface area (Å²) in [7, 11) is 0. The number of piperidine rings is 1. The van der Waals surface area contributed by atoms with E-state index in [4.69, 9.17) is 0 Å². The van der Waals surface area contributed by atoms with E-state index in [2.05, 4.69) is 15.3 Å². The lowest BCUT2D eigenvalue weighted by atomic mass is 10.1. The summed E-state index contributed by atoms with van der Waals surface area (Å²) >= 11 is 0. The third-order valence-electron chi connectivity index (χ3n) is 4.16. The van der Waals surface area contributed by atoms with Crippen LogP contribution in [0.1, 0.15) is 30.4 Å². The standard InChI is InChI=1S/C17H16F6N4/c18-16(19,20)11-8-12(17(21,22)23)10-13(9-11)25-15-24-5-4-14(26-15)27-6-2-1-3-7-27/h4-5,8-10H,1-3,6-7H2,(H,24,25,26). The Hall–Kier alpha value is -2.52. The zero-order chi connectivity index (χ0) is 19.7. The SMILES string of the molecule is FC(F)(F)c1cc(Nc2nccc(N3CCCCC3)n2)cc(C(F)(F)F)c1. The summed E-state index contributed by atoms with van der Waals surface area (Å²) in [5.74, 6) is 0.515. The minimum absolute atomic E-state index is 0.0643. The first-order valence-electron chi connectivity index (χ1n) is 8.27. The van der Waals surface area contributed by atoms with Crippen molar-refractivity contribution in [1.82, 2.24) is 9.97 Å². The molecule has 1 N–H and O–H groups in total. The van der Waals surface area contributed by atoms with Crippen molar-refractivity contribution in [1.29, 1.82) is 0 Å². The summed E-state index contributed by atoms with van der Waals surface area (Å²) in [6.45, 7) is 1.58. The van der Waals surface area contributed by atoms with Gasteiger partial charge < -0.3 is 10.2 Å². The fourth-order valence-electron chi connectivity index (χ4n) is 2.86. The summed E-state index contributed by atoms with van der Waals surface area (Å²) in [6.07, 6.45) is -5.30. The summed E-state index contributed by atoms with van der Waals surface area (Å²) < 4.78 is 77.7. The number of nitrogens with one attached hydrogen (secondary N) is 1. The van der Waals surface area contributed by atoms with E-state index >= 15 is 0 Å². The van der Waals surface area contributed by atoms with Crippen LogP contribution in [0.3, 0.4) is 0 Å². The van der Waals surface area contributed by atoms with E-state index in [0.717, 1.165) is 32.4 Å². The first-order valence-corrected chi connectivity index (χ1v) is 8.27. The number of halogens is 6. The second-order valence-electron chi connectivity index (χ2n) is 6.21. The van der Waals surface area contributed by atoms with Gasteiger partial charge in [0.2, 0.25) is 5.95 Å². The molecule has 2 aromatic rings. The Kier molecular flexibility index (Phi) is 5.16. The Morgan fingerprint density at radius 3 is 2.00 bits per heavy atom. The molecule has 10 heteroatoms. The average Bonchev–Trinajstić information content (AvgIpc) is 2.61. The molecule has 1 fully saturated rings. The van der Waals surface area contributed by atoms with Crippen molar-refractivity contribution in [3.8, 4) is 0 Å². The monoisotopic (exact) mass is 390 g/mol. The summed E-state index contributed by atoms with van der Waals surface area (Å²) in [6, 6.07) is 2.94. The maximum absolute atomic E-state index is 12.9. The summed E-state index contributed by atoms with van der Waals surface area (Å²) in [5.41, 5.74) is -3.17. The number of hydrogen-bond donors (Lipinski definition) is 1. The van der Waals surface area contributed by atoms with E-state index in [1.54, 1.807) is 6.07 Å². The molecular formula is C17H16F6N4. The number of alkyl halides is 6. The number of benzene rings is 1. The molecule has 0 bridgehead atoms. The molecule has 2 heterocycles. The molecule has 1 aliphatic rings. The number of nitrogens with zero attached hydrogens (tertiary/aromatic N) is 3. The average molecular weight is 390 g/mol. The van der Waals surface area contributed by atoms with Gasteiger partial charge in [-0.05, 0) is 43.5 Å². The maximum atomic E-state index is 12.9. The predicted molar refractivity (Wildman–Crippen MR) is 87.8 cm³/mol. The van der Waals surface area contributed by atoms with Gasteiger partial charge in [0.05, 0.1) is 11.1 Å². The lowest BCUT2D eigenvalue weighted by molar-refractivity contribution is -0.143. The van der Waals surface area contributed by atoms with Crippen LogP contribution >= 0.6 is 0 Å². The quantitative estimate of drug-likeness (QED) is 0.727. The van der Waals surface area contributed by atoms with Gasteiger partial charge in [-0.15, -0.1) is 0 Å². The van der Waals surface area contributed by atoms with E-state index in [1.807, 2.05) is 4.90 Å². The van der Waals surface area contributed by atoms with E-state index < -0.39 is 23.5 Å². The molecule has 0 unspecified atom stereocenters. The van der Waals surface area contributed by atoms with Crippen LogP contribution in [0.2, 0.25) is 0 Å². The van der Waals surface area contributed by atoms with Crippen molar-refractivity contribution in [2.24, 2.45) is 0 Å². The van der Waals surface area contributed by atoms with Gasteiger partial charge in [-0.3, -0.25) is 0 Å². The topological polar surface area (TPSA) is 41.1 Å². The predicted octanol–water partition coefficient (Wildman–Crippen LogP) is 5.25. The van der Waals surface area contributed by atoms with Gasteiger partial charge >= 0.3 is 12.4 Å². The molecule has 1 aromatic heterocycles. The first-order chi connectivity index (χ1) is 12.6. The molecule has 4 nitrogen and oxygen atoms in total. The van der Waals surface area contributed by atoms with Gasteiger partial charge in [-0.2, -0.15) is 31.3 Å². The molecule has 1 aliphatic heterocycles. The number of aromatic nitrogens is 2. The highest BCUT2D eigenvalue weighted by molar-refractivity contribution is 5.58. The Morgan fingerprint density at radius 1 is 0.852 bits per heavy atom. The van der Waals surface area contributed by atoms with Crippen molar-refractivity contribution < 1.29 is 26.3 Å². The van der Waals surface area contributed by atoms with Crippen molar-refractivity contribution in [3.63, 3.8) is 0 Å². The maximum Gasteiger partial charge on any atom is 0.416 e. The van der Waals surface area contributed by atoms with Crippen LogP contribution in [-0.2, 0) is 12.4 Å². The fraction of sp³-hybridized carbons (Fsp3) is 0.412. The highest BCUT2D eigenvalue weighted by atomic mass is 19.4. The molecule has 1 aromatic carbocycles. The molecule has 0 spiro atoms. The van der Waals surface area contributed by atoms with Crippen LogP contribution in [0.15, 0.2) is 30.5 Å². The van der Waals surface area contributed by atoms with Gasteiger partial charge in [-0.1, -0.05) is 0 Å². The minimum Gasteiger partial charge on any atom is -0.356 e. The molecule has 0 aliphatic carbocycles. The molecule has 1 saturated heterocycles. The van der Waals surface area contributed by atoms with Gasteiger partial charge in [0.25, 0.3) is 0 Å². The lowest BCUT2D eigenvalue weighted by Gasteiger charge is -2.27. The first kappa shape index (κ1) is 19.2. The number of anilines is 3. The van der Waals surface area contributed by atoms with Crippen LogP contribution in [0.5, 0.6) is 0 Å². The third-order valence-corrected chi connectivity index (χ3v) is 4.16. The van der Waals surface area contributed by atoms with E-state index in [0.29, 0.717) is 18.0 Å². The largest absolute Gasteiger partial charge is 0.416 e. The van der Waals surface area contributed by atoms with Gasteiger partial charge in [0.1, 0.15) is 5.82 Å². The second-order valence-corrected chi connectivity index (χ2v) is 6.21. The Balaban J connectivity index is 1.90. The summed E-state index contributed by atoms with van der Waals surface area (Å²) in [5, 5.41) is 2.46. The number of rotatable bonds is 3. The zero-order valence-corrected chi connectivity index (χ0v) is 14.0. The molecule has 0 saturated carbocycles. The second kappa shape index (κ2) is 7.24. The van der Waals surface area contributed by atoms with Crippen molar-refractivity contribution in [2.45, 2.75) is 31.6 Å². The number of hydrogen-bond acceptors (Lipinski definition) is 4. The van der Waals surface area contributed by atoms with E-state index in [-0.39, 0.29) is 17.7 Å². The highest BCUT2D eigenvalue weighted by Gasteiger charge is 2.37. The molecule has 3 rings (SSSR count). The van der Waals surface area contributed by atoms with Crippen molar-refractivity contribution in [3.05, 3.63) is 41.6 Å².